The molecule has 2 fully saturated rings. The van der Waals surface area contributed by atoms with Crippen molar-refractivity contribution in [2.75, 3.05) is 60.6 Å². The van der Waals surface area contributed by atoms with Crippen molar-refractivity contribution in [1.82, 2.24) is 25.3 Å². The zero-order valence-electron chi connectivity index (χ0n) is 18.8. The highest BCUT2D eigenvalue weighted by molar-refractivity contribution is 7.98. The molecule has 2 saturated heterocycles. The summed E-state index contributed by atoms with van der Waals surface area (Å²) in [6, 6.07) is 5.32. The van der Waals surface area contributed by atoms with Crippen molar-refractivity contribution in [2.45, 2.75) is 17.0 Å². The van der Waals surface area contributed by atoms with Crippen molar-refractivity contribution in [2.24, 2.45) is 0 Å². The van der Waals surface area contributed by atoms with Crippen molar-refractivity contribution in [3.8, 4) is 0 Å². The van der Waals surface area contributed by atoms with Gasteiger partial charge in [0.2, 0.25) is 5.95 Å². The fraction of sp³-hybridized carbons (Fsp3) is 0.455. The maximum atomic E-state index is 13.1. The number of nitrogens with one attached hydrogen (secondary N) is 1. The summed E-state index contributed by atoms with van der Waals surface area (Å²) in [5.74, 6) is 2.70. The van der Waals surface area contributed by atoms with Gasteiger partial charge >= 0.3 is 6.18 Å². The fourth-order valence-electron chi connectivity index (χ4n) is 4.07. The van der Waals surface area contributed by atoms with Gasteiger partial charge in [-0.15, -0.1) is 0 Å². The summed E-state index contributed by atoms with van der Waals surface area (Å²) < 4.78 is 51.3. The van der Waals surface area contributed by atoms with Gasteiger partial charge in [0.15, 0.2) is 5.82 Å². The van der Waals surface area contributed by atoms with Gasteiger partial charge in [-0.1, -0.05) is 30.0 Å². The van der Waals surface area contributed by atoms with E-state index in [4.69, 9.17) is 9.97 Å². The highest BCUT2D eigenvalue weighted by Gasteiger charge is 2.30. The summed E-state index contributed by atoms with van der Waals surface area (Å²) in [5, 5.41) is 3.91. The van der Waals surface area contributed by atoms with E-state index in [0.29, 0.717) is 63.7 Å². The topological polar surface area (TPSA) is 87.1 Å². The van der Waals surface area contributed by atoms with Crippen LogP contribution in [0.1, 0.15) is 11.1 Å². The van der Waals surface area contributed by atoms with Crippen molar-refractivity contribution >= 4 is 45.4 Å². The van der Waals surface area contributed by atoms with Gasteiger partial charge in [0, 0.05) is 67.3 Å². The molecule has 0 aliphatic carbocycles. The number of hydrogen-bond acceptors (Lipinski definition) is 9. The predicted molar refractivity (Wildman–Crippen MR) is 131 cm³/mol. The highest BCUT2D eigenvalue weighted by atomic mass is 32.2. The number of rotatable bonds is 5. The zero-order valence-corrected chi connectivity index (χ0v) is 20.4. The summed E-state index contributed by atoms with van der Waals surface area (Å²) in [6.07, 6.45) is -2.95. The van der Waals surface area contributed by atoms with Gasteiger partial charge in [0.05, 0.1) is 5.56 Å². The van der Waals surface area contributed by atoms with E-state index >= 15 is 0 Å². The molecule has 35 heavy (non-hydrogen) atoms. The smallest absolute Gasteiger partial charge is 0.353 e. The summed E-state index contributed by atoms with van der Waals surface area (Å²) >= 11 is 1.33. The van der Waals surface area contributed by atoms with E-state index in [0.717, 1.165) is 38.3 Å². The number of benzene rings is 1. The van der Waals surface area contributed by atoms with Gasteiger partial charge in [-0.05, 0) is 11.6 Å². The van der Waals surface area contributed by atoms with E-state index in [-0.39, 0.29) is 0 Å². The van der Waals surface area contributed by atoms with Crippen LogP contribution in [0, 0.1) is 0 Å². The molecular weight excluding hydrogens is 499 g/mol. The summed E-state index contributed by atoms with van der Waals surface area (Å²) in [5.41, 5.74) is 1.05. The molecule has 0 amide bonds. The molecule has 0 spiro atoms. The minimum Gasteiger partial charge on any atom is -0.353 e. The molecule has 3 aromatic rings. The molecule has 0 radical (unpaired) electrons. The molecule has 2 aliphatic heterocycles. The second-order valence-corrected chi connectivity index (χ2v) is 10.9. The average Bonchev–Trinajstić information content (AvgIpc) is 2.87. The second-order valence-electron chi connectivity index (χ2n) is 8.28. The first-order chi connectivity index (χ1) is 16.9. The SMILES string of the molecule is O=S1CCN(c2nc(N3CCNCC3)nc3c(SCc4cccc(C(F)(F)F)c4)ncnc23)CC1. The Hall–Kier alpha value is -2.51. The minimum absolute atomic E-state index is 0.307. The number of fused-ring (bicyclic) bond motifs is 1. The first-order valence-corrected chi connectivity index (χ1v) is 13.7. The number of nitrogens with zero attached hydrogens (tertiary/aromatic N) is 6. The normalized spacial score (nSPS) is 17.8. The van der Waals surface area contributed by atoms with Crippen molar-refractivity contribution < 1.29 is 17.4 Å². The minimum atomic E-state index is -4.39. The molecule has 13 heteroatoms. The molecule has 1 N–H and O–H groups in total. The number of halogens is 3. The van der Waals surface area contributed by atoms with E-state index in [1.54, 1.807) is 6.07 Å². The van der Waals surface area contributed by atoms with Crippen molar-refractivity contribution in [3.63, 3.8) is 0 Å². The summed E-state index contributed by atoms with van der Waals surface area (Å²) in [7, 11) is -0.836. The van der Waals surface area contributed by atoms with Gasteiger partial charge in [0.1, 0.15) is 22.4 Å². The second kappa shape index (κ2) is 10.2. The quantitative estimate of drug-likeness (QED) is 0.401. The molecule has 5 rings (SSSR count). The van der Waals surface area contributed by atoms with E-state index in [9.17, 15) is 17.4 Å². The third-order valence-electron chi connectivity index (χ3n) is 5.93. The maximum absolute atomic E-state index is 13.1. The van der Waals surface area contributed by atoms with Crippen molar-refractivity contribution in [1.29, 1.82) is 0 Å². The fourth-order valence-corrected chi connectivity index (χ4v) is 6.01. The molecule has 2 aliphatic rings. The molecule has 8 nitrogen and oxygen atoms in total. The lowest BCUT2D eigenvalue weighted by Gasteiger charge is -2.31. The van der Waals surface area contributed by atoms with Gasteiger partial charge in [0.25, 0.3) is 0 Å². The average molecular weight is 524 g/mol. The van der Waals surface area contributed by atoms with Crippen molar-refractivity contribution in [3.05, 3.63) is 41.7 Å². The van der Waals surface area contributed by atoms with Crippen LogP contribution in [-0.2, 0) is 22.7 Å². The Balaban J connectivity index is 1.50. The number of hydrogen-bond donors (Lipinski definition) is 1. The zero-order chi connectivity index (χ0) is 24.4. The first-order valence-electron chi connectivity index (χ1n) is 11.3. The lowest BCUT2D eigenvalue weighted by molar-refractivity contribution is -0.137. The molecule has 186 valence electrons. The van der Waals surface area contributed by atoms with Crippen LogP contribution in [0.25, 0.3) is 11.0 Å². The van der Waals surface area contributed by atoms with Crippen LogP contribution in [-0.4, -0.2) is 74.9 Å². The molecular formula is C22H24F3N7OS2. The molecule has 0 saturated carbocycles. The number of thioether (sulfide) groups is 1. The third kappa shape index (κ3) is 5.51. The first kappa shape index (κ1) is 24.2. The molecule has 2 aromatic heterocycles. The Morgan fingerprint density at radius 2 is 1.77 bits per heavy atom. The van der Waals surface area contributed by atoms with Crippen LogP contribution >= 0.6 is 11.8 Å². The Morgan fingerprint density at radius 1 is 1.00 bits per heavy atom. The molecule has 0 unspecified atom stereocenters. The Morgan fingerprint density at radius 3 is 2.51 bits per heavy atom. The Labute approximate surface area is 207 Å². The van der Waals surface area contributed by atoms with Gasteiger partial charge in [-0.2, -0.15) is 18.2 Å². The summed E-state index contributed by atoms with van der Waals surface area (Å²) in [4.78, 5) is 22.8. The summed E-state index contributed by atoms with van der Waals surface area (Å²) in [6.45, 7) is 4.38. The van der Waals surface area contributed by atoms with Gasteiger partial charge < -0.3 is 15.1 Å². The van der Waals surface area contributed by atoms with Crippen LogP contribution in [0.5, 0.6) is 0 Å². The predicted octanol–water partition coefficient (Wildman–Crippen LogP) is 2.71. The lowest BCUT2D eigenvalue weighted by atomic mass is 10.1. The molecule has 4 heterocycles. The van der Waals surface area contributed by atoms with E-state index in [1.165, 1.54) is 24.2 Å². The number of alkyl halides is 3. The van der Waals surface area contributed by atoms with Gasteiger partial charge in [-0.25, -0.2) is 15.0 Å². The number of anilines is 2. The lowest BCUT2D eigenvalue weighted by Crippen LogP contribution is -2.44. The number of piperazine rings is 1. The maximum Gasteiger partial charge on any atom is 0.416 e. The molecule has 1 aromatic carbocycles. The Kier molecular flexibility index (Phi) is 7.07. The third-order valence-corrected chi connectivity index (χ3v) is 8.25. The van der Waals surface area contributed by atoms with E-state index in [2.05, 4.69) is 25.1 Å². The van der Waals surface area contributed by atoms with Crippen LogP contribution < -0.4 is 15.1 Å². The van der Waals surface area contributed by atoms with Crippen LogP contribution in [0.15, 0.2) is 35.6 Å². The monoisotopic (exact) mass is 523 g/mol. The molecule has 0 atom stereocenters. The van der Waals surface area contributed by atoms with E-state index < -0.39 is 22.5 Å². The molecule has 0 bridgehead atoms. The van der Waals surface area contributed by atoms with Gasteiger partial charge in [-0.3, -0.25) is 4.21 Å². The standard InChI is InChI=1S/C22H24F3N7OS2/c23-22(24,25)16-3-1-2-15(12-16)13-34-20-18-17(27-14-28-20)19(31-8-10-35(33)11-9-31)30-21(29-18)32-6-4-26-5-7-32/h1-3,12,14,26H,4-11,13H2. The van der Waals surface area contributed by atoms with Crippen LogP contribution in [0.2, 0.25) is 0 Å². The van der Waals surface area contributed by atoms with E-state index in [1.807, 2.05) is 0 Å². The van der Waals surface area contributed by atoms with Crippen LogP contribution in [0.3, 0.4) is 0 Å². The number of aromatic nitrogens is 4. The largest absolute Gasteiger partial charge is 0.416 e. The Bertz CT molecular complexity index is 1230. The van der Waals surface area contributed by atoms with Crippen LogP contribution in [0.4, 0.5) is 24.9 Å². The highest BCUT2D eigenvalue weighted by Crippen LogP contribution is 2.34.